The van der Waals surface area contributed by atoms with Crippen molar-refractivity contribution in [1.82, 2.24) is 15.2 Å². The summed E-state index contributed by atoms with van der Waals surface area (Å²) in [6.07, 6.45) is -0.0732. The van der Waals surface area contributed by atoms with E-state index >= 15 is 0 Å². The molecule has 170 valence electrons. The fraction of sp³-hybridized carbons (Fsp3) is 0.455. The van der Waals surface area contributed by atoms with Gasteiger partial charge in [-0.2, -0.15) is 0 Å². The molecular formula is C22H24ClFN4O4. The number of phenols is 1. The minimum absolute atomic E-state index is 0.00612. The predicted octanol–water partition coefficient (Wildman–Crippen LogP) is 2.28. The van der Waals surface area contributed by atoms with Crippen LogP contribution in [0.2, 0.25) is 5.02 Å². The van der Waals surface area contributed by atoms with E-state index < -0.39 is 5.82 Å². The molecule has 0 spiro atoms. The number of hydrogen-bond acceptors (Lipinski definition) is 7. The Morgan fingerprint density at radius 1 is 1.31 bits per heavy atom. The Balaban J connectivity index is 1.73. The smallest absolute Gasteiger partial charge is 0.261 e. The van der Waals surface area contributed by atoms with Crippen LogP contribution in [0.4, 0.5) is 10.2 Å². The number of phenolic OH excluding ortho intramolecular Hbond substituents is 1. The number of benzene rings is 1. The van der Waals surface area contributed by atoms with E-state index in [0.29, 0.717) is 45.1 Å². The highest BCUT2D eigenvalue weighted by Gasteiger charge is 2.39. The van der Waals surface area contributed by atoms with Gasteiger partial charge < -0.3 is 29.7 Å². The average molecular weight is 463 g/mol. The van der Waals surface area contributed by atoms with E-state index in [9.17, 15) is 14.3 Å². The average Bonchev–Trinajstić information content (AvgIpc) is 2.93. The highest BCUT2D eigenvalue weighted by atomic mass is 35.5. The molecule has 0 aliphatic carbocycles. The topological polar surface area (TPSA) is 87.2 Å². The van der Waals surface area contributed by atoms with Crippen LogP contribution in [-0.4, -0.2) is 79.0 Å². The van der Waals surface area contributed by atoms with Crippen LogP contribution in [0.3, 0.4) is 0 Å². The predicted molar refractivity (Wildman–Crippen MR) is 117 cm³/mol. The van der Waals surface area contributed by atoms with Gasteiger partial charge in [-0.1, -0.05) is 17.7 Å². The van der Waals surface area contributed by atoms with Crippen LogP contribution in [0.15, 0.2) is 18.2 Å². The SMILES string of the molecule is C[C@H]1CN(c2nc(-c3c(O)cccc3F)c(Cl)c3c2C(=O)N2CCNC[C@@H]2CO3)CCO1. The monoisotopic (exact) mass is 462 g/mol. The first-order valence-corrected chi connectivity index (χ1v) is 11.1. The van der Waals surface area contributed by atoms with Gasteiger partial charge in [-0.3, -0.25) is 4.79 Å². The normalized spacial score (nSPS) is 23.3. The van der Waals surface area contributed by atoms with Gasteiger partial charge in [0.05, 0.1) is 24.3 Å². The summed E-state index contributed by atoms with van der Waals surface area (Å²) < 4.78 is 26.5. The number of ether oxygens (including phenoxy) is 2. The van der Waals surface area contributed by atoms with E-state index in [4.69, 9.17) is 21.1 Å². The summed E-state index contributed by atoms with van der Waals surface area (Å²) in [4.78, 5) is 22.1. The lowest BCUT2D eigenvalue weighted by atomic mass is 10.0. The second kappa shape index (κ2) is 8.38. The van der Waals surface area contributed by atoms with Crippen molar-refractivity contribution in [2.24, 2.45) is 0 Å². The zero-order valence-electron chi connectivity index (χ0n) is 17.6. The van der Waals surface area contributed by atoms with Crippen molar-refractivity contribution in [2.45, 2.75) is 19.1 Å². The molecule has 2 aromatic rings. The van der Waals surface area contributed by atoms with E-state index in [0.717, 1.165) is 0 Å². The molecule has 0 unspecified atom stereocenters. The van der Waals surface area contributed by atoms with Crippen molar-refractivity contribution < 1.29 is 23.8 Å². The summed E-state index contributed by atoms with van der Waals surface area (Å²) in [6.45, 7) is 5.49. The van der Waals surface area contributed by atoms with Gasteiger partial charge in [0.1, 0.15) is 40.3 Å². The zero-order chi connectivity index (χ0) is 22.4. The molecule has 0 bridgehead atoms. The number of pyridine rings is 1. The number of nitrogens with zero attached hydrogens (tertiary/aromatic N) is 3. The van der Waals surface area contributed by atoms with Crippen molar-refractivity contribution in [3.63, 3.8) is 0 Å². The van der Waals surface area contributed by atoms with Crippen molar-refractivity contribution in [3.05, 3.63) is 34.6 Å². The van der Waals surface area contributed by atoms with Crippen molar-refractivity contribution >= 4 is 23.3 Å². The third kappa shape index (κ3) is 3.54. The van der Waals surface area contributed by atoms with Crippen LogP contribution in [0.25, 0.3) is 11.3 Å². The molecule has 2 saturated heterocycles. The maximum absolute atomic E-state index is 14.8. The Bertz CT molecular complexity index is 1050. The van der Waals surface area contributed by atoms with Crippen LogP contribution in [0.1, 0.15) is 17.3 Å². The first-order chi connectivity index (χ1) is 15.5. The molecule has 1 amide bonds. The summed E-state index contributed by atoms with van der Waals surface area (Å²) in [5.74, 6) is -0.629. The number of fused-ring (bicyclic) bond motifs is 2. The number of anilines is 1. The number of rotatable bonds is 2. The molecule has 0 saturated carbocycles. The van der Waals surface area contributed by atoms with Crippen LogP contribution in [0.5, 0.6) is 11.5 Å². The molecule has 2 fully saturated rings. The first-order valence-electron chi connectivity index (χ1n) is 10.7. The largest absolute Gasteiger partial charge is 0.507 e. The molecule has 1 aromatic carbocycles. The fourth-order valence-electron chi connectivity index (χ4n) is 4.51. The second-order valence-corrected chi connectivity index (χ2v) is 8.61. The second-order valence-electron chi connectivity index (χ2n) is 8.23. The number of aromatic hydroxyl groups is 1. The number of hydrogen-bond donors (Lipinski definition) is 2. The fourth-order valence-corrected chi connectivity index (χ4v) is 4.80. The Morgan fingerprint density at radius 2 is 2.16 bits per heavy atom. The van der Waals surface area contributed by atoms with Gasteiger partial charge in [-0.25, -0.2) is 9.37 Å². The summed E-state index contributed by atoms with van der Waals surface area (Å²) >= 11 is 6.69. The van der Waals surface area contributed by atoms with Gasteiger partial charge >= 0.3 is 0 Å². The third-order valence-electron chi connectivity index (χ3n) is 6.09. The standard InChI is InChI=1S/C22H24ClFN4O4/c1-12-10-27(7-8-31-12)21-17-20(32-11-13-9-25-5-6-28(13)22(17)30)18(23)19(26-21)16-14(24)3-2-4-15(16)29/h2-4,12-13,25,29H,5-11H2,1H3/t12-,13+/m0/s1. The maximum atomic E-state index is 14.8. The number of nitrogens with one attached hydrogen (secondary N) is 1. The Morgan fingerprint density at radius 3 is 2.94 bits per heavy atom. The van der Waals surface area contributed by atoms with Crippen LogP contribution < -0.4 is 15.0 Å². The Kier molecular flexibility index (Phi) is 5.56. The van der Waals surface area contributed by atoms with Crippen molar-refractivity contribution in [3.8, 4) is 22.8 Å². The number of aromatic nitrogens is 1. The molecule has 2 atom stereocenters. The molecule has 1 aromatic heterocycles. The lowest BCUT2D eigenvalue weighted by Crippen LogP contribution is -2.55. The van der Waals surface area contributed by atoms with Gasteiger partial charge in [-0.15, -0.1) is 0 Å². The number of piperazine rings is 1. The van der Waals surface area contributed by atoms with Crippen LogP contribution >= 0.6 is 11.6 Å². The Hall–Kier alpha value is -2.62. The number of carbonyl (C=O) groups is 1. The number of halogens is 2. The molecule has 2 N–H and O–H groups in total. The van der Waals surface area contributed by atoms with Crippen molar-refractivity contribution in [2.75, 3.05) is 50.8 Å². The minimum atomic E-state index is -0.665. The number of amides is 1. The molecular weight excluding hydrogens is 439 g/mol. The molecule has 10 heteroatoms. The third-order valence-corrected chi connectivity index (χ3v) is 6.44. The van der Waals surface area contributed by atoms with E-state index in [2.05, 4.69) is 10.3 Å². The van der Waals surface area contributed by atoms with E-state index in [1.165, 1.54) is 18.2 Å². The molecule has 0 radical (unpaired) electrons. The van der Waals surface area contributed by atoms with Gasteiger partial charge in [0.15, 0.2) is 5.75 Å². The highest BCUT2D eigenvalue weighted by molar-refractivity contribution is 6.35. The maximum Gasteiger partial charge on any atom is 0.261 e. The molecule has 32 heavy (non-hydrogen) atoms. The van der Waals surface area contributed by atoms with Gasteiger partial charge in [-0.05, 0) is 19.1 Å². The van der Waals surface area contributed by atoms with Gasteiger partial charge in [0.25, 0.3) is 5.91 Å². The molecule has 4 heterocycles. The molecule has 3 aliphatic heterocycles. The van der Waals surface area contributed by atoms with E-state index in [1.807, 2.05) is 11.8 Å². The summed E-state index contributed by atoms with van der Waals surface area (Å²) in [5, 5.41) is 13.7. The van der Waals surface area contributed by atoms with Crippen LogP contribution in [-0.2, 0) is 4.74 Å². The van der Waals surface area contributed by atoms with E-state index in [-0.39, 0.29) is 58.0 Å². The van der Waals surface area contributed by atoms with Crippen LogP contribution in [0, 0.1) is 5.82 Å². The summed E-state index contributed by atoms with van der Waals surface area (Å²) in [5.41, 5.74) is 0.191. The highest BCUT2D eigenvalue weighted by Crippen LogP contribution is 2.45. The summed E-state index contributed by atoms with van der Waals surface area (Å²) in [7, 11) is 0. The molecule has 3 aliphatic rings. The van der Waals surface area contributed by atoms with E-state index in [1.54, 1.807) is 4.90 Å². The molecule has 5 rings (SSSR count). The number of carbonyl (C=O) groups excluding carboxylic acids is 1. The number of morpholine rings is 1. The minimum Gasteiger partial charge on any atom is -0.507 e. The lowest BCUT2D eigenvalue weighted by Gasteiger charge is -2.36. The lowest BCUT2D eigenvalue weighted by molar-refractivity contribution is 0.0523. The quantitative estimate of drug-likeness (QED) is 0.708. The molecule has 8 nitrogen and oxygen atoms in total. The van der Waals surface area contributed by atoms with Crippen molar-refractivity contribution in [1.29, 1.82) is 0 Å². The summed E-state index contributed by atoms with van der Waals surface area (Å²) in [6, 6.07) is 3.85. The zero-order valence-corrected chi connectivity index (χ0v) is 18.4. The van der Waals surface area contributed by atoms with Gasteiger partial charge in [0, 0.05) is 32.7 Å². The first kappa shape index (κ1) is 21.2. The van der Waals surface area contributed by atoms with Gasteiger partial charge in [0.2, 0.25) is 0 Å². The Labute approximate surface area is 189 Å².